The molecule has 0 saturated carbocycles. The second-order valence-electron chi connectivity index (χ2n) is 7.01. The Morgan fingerprint density at radius 2 is 1.93 bits per heavy atom. The monoisotopic (exact) mass is 430 g/mol. The van der Waals surface area contributed by atoms with E-state index in [9.17, 15) is 0 Å². The Kier molecular flexibility index (Phi) is 7.38. The zero-order chi connectivity index (χ0) is 21.7. The van der Waals surface area contributed by atoms with Gasteiger partial charge in [-0.25, -0.2) is 15.0 Å². The Hall–Kier alpha value is -2.52. The van der Waals surface area contributed by atoms with E-state index in [1.165, 1.54) is 6.33 Å². The minimum absolute atomic E-state index is 0.260. The highest BCUT2D eigenvalue weighted by Crippen LogP contribution is 2.40. The molecular formula is C21H30N6O2S. The summed E-state index contributed by atoms with van der Waals surface area (Å²) in [5.41, 5.74) is 8.55. The molecular weight excluding hydrogens is 400 g/mol. The SMILES string of the molecule is CC.Cc1cc2c(cc1Sc1nc3c(N)ncnc3n1CCCNC(C)C)OCO2. The number of anilines is 1. The van der Waals surface area contributed by atoms with Crippen LogP contribution in [0.1, 0.15) is 39.7 Å². The molecule has 9 heteroatoms. The van der Waals surface area contributed by atoms with E-state index in [2.05, 4.69) is 40.6 Å². The molecule has 1 aliphatic rings. The Morgan fingerprint density at radius 3 is 2.67 bits per heavy atom. The van der Waals surface area contributed by atoms with Gasteiger partial charge in [0, 0.05) is 17.5 Å². The van der Waals surface area contributed by atoms with Crippen LogP contribution < -0.4 is 20.5 Å². The molecule has 2 aromatic heterocycles. The summed E-state index contributed by atoms with van der Waals surface area (Å²) in [6, 6.07) is 4.46. The van der Waals surface area contributed by atoms with E-state index in [4.69, 9.17) is 20.2 Å². The third kappa shape index (κ3) is 4.79. The first-order chi connectivity index (χ1) is 14.5. The second kappa shape index (κ2) is 9.99. The van der Waals surface area contributed by atoms with Crippen molar-refractivity contribution in [3.05, 3.63) is 24.0 Å². The molecule has 0 amide bonds. The standard InChI is InChI=1S/C19H24N6O2S.C2H6/c1-11(2)21-5-4-6-25-18-16(17(20)22-9-23-18)24-19(25)28-15-8-14-13(7-12(15)3)26-10-27-14;1-2/h7-9,11,21H,4-6,10H2,1-3H3,(H2,20,22,23);1-2H3. The minimum Gasteiger partial charge on any atom is -0.454 e. The van der Waals surface area contributed by atoms with Gasteiger partial charge in [0.15, 0.2) is 33.6 Å². The molecule has 0 spiro atoms. The summed E-state index contributed by atoms with van der Waals surface area (Å²) < 4.78 is 13.1. The number of nitrogens with one attached hydrogen (secondary N) is 1. The number of aryl methyl sites for hydroxylation is 2. The smallest absolute Gasteiger partial charge is 0.231 e. The Balaban J connectivity index is 0.00000124. The molecule has 8 nitrogen and oxygen atoms in total. The molecule has 30 heavy (non-hydrogen) atoms. The third-order valence-electron chi connectivity index (χ3n) is 4.51. The highest BCUT2D eigenvalue weighted by molar-refractivity contribution is 7.99. The summed E-state index contributed by atoms with van der Waals surface area (Å²) in [6.45, 7) is 12.3. The number of nitrogens with zero attached hydrogens (tertiary/aromatic N) is 4. The van der Waals surface area contributed by atoms with Crippen molar-refractivity contribution in [1.29, 1.82) is 0 Å². The summed E-state index contributed by atoms with van der Waals surface area (Å²) in [5.74, 6) is 1.94. The molecule has 0 fully saturated rings. The van der Waals surface area contributed by atoms with Gasteiger partial charge in [-0.15, -0.1) is 0 Å². The lowest BCUT2D eigenvalue weighted by Gasteiger charge is -2.11. The molecule has 4 rings (SSSR count). The summed E-state index contributed by atoms with van der Waals surface area (Å²) in [5, 5.41) is 4.29. The molecule has 3 N–H and O–H groups in total. The number of hydrogen-bond donors (Lipinski definition) is 2. The maximum atomic E-state index is 6.04. The van der Waals surface area contributed by atoms with Crippen LogP contribution in [0.4, 0.5) is 5.82 Å². The lowest BCUT2D eigenvalue weighted by Crippen LogP contribution is -2.24. The molecule has 0 atom stereocenters. The number of nitrogens with two attached hydrogens (primary N) is 1. The molecule has 3 heterocycles. The lowest BCUT2D eigenvalue weighted by atomic mass is 10.2. The fourth-order valence-corrected chi connectivity index (χ4v) is 4.08. The Morgan fingerprint density at radius 1 is 1.20 bits per heavy atom. The quantitative estimate of drug-likeness (QED) is 0.542. The largest absolute Gasteiger partial charge is 0.454 e. The molecule has 3 aromatic rings. The first kappa shape index (κ1) is 22.2. The molecule has 1 aromatic carbocycles. The number of rotatable bonds is 7. The first-order valence-corrected chi connectivity index (χ1v) is 11.1. The van der Waals surface area contributed by atoms with Crippen LogP contribution in [0.2, 0.25) is 0 Å². The van der Waals surface area contributed by atoms with E-state index in [1.807, 2.05) is 26.0 Å². The van der Waals surface area contributed by atoms with E-state index in [0.29, 0.717) is 17.4 Å². The molecule has 0 aliphatic carbocycles. The zero-order valence-electron chi connectivity index (χ0n) is 18.2. The van der Waals surface area contributed by atoms with Crippen molar-refractivity contribution >= 4 is 28.7 Å². The number of hydrogen-bond acceptors (Lipinski definition) is 8. The van der Waals surface area contributed by atoms with Crippen molar-refractivity contribution in [1.82, 2.24) is 24.8 Å². The minimum atomic E-state index is 0.260. The van der Waals surface area contributed by atoms with E-state index < -0.39 is 0 Å². The van der Waals surface area contributed by atoms with E-state index >= 15 is 0 Å². The first-order valence-electron chi connectivity index (χ1n) is 10.3. The van der Waals surface area contributed by atoms with E-state index in [-0.39, 0.29) is 6.79 Å². The van der Waals surface area contributed by atoms with Crippen LogP contribution in [0, 0.1) is 6.92 Å². The van der Waals surface area contributed by atoms with Gasteiger partial charge in [0.25, 0.3) is 0 Å². The van der Waals surface area contributed by atoms with Crippen LogP contribution in [0.3, 0.4) is 0 Å². The number of ether oxygens (including phenoxy) is 2. The fourth-order valence-electron chi connectivity index (χ4n) is 3.07. The van der Waals surface area contributed by atoms with Crippen LogP contribution in [-0.4, -0.2) is 38.9 Å². The molecule has 0 bridgehead atoms. The van der Waals surface area contributed by atoms with Gasteiger partial charge in [0.1, 0.15) is 6.33 Å². The van der Waals surface area contributed by atoms with Crippen LogP contribution in [0.5, 0.6) is 11.5 Å². The maximum Gasteiger partial charge on any atom is 0.231 e. The van der Waals surface area contributed by atoms with Gasteiger partial charge >= 0.3 is 0 Å². The molecule has 162 valence electrons. The van der Waals surface area contributed by atoms with Gasteiger partial charge < -0.3 is 25.1 Å². The number of benzene rings is 1. The molecule has 0 radical (unpaired) electrons. The van der Waals surface area contributed by atoms with Crippen LogP contribution in [-0.2, 0) is 6.54 Å². The molecule has 0 saturated heterocycles. The third-order valence-corrected chi connectivity index (χ3v) is 5.66. The average Bonchev–Trinajstić information content (AvgIpc) is 3.32. The zero-order valence-corrected chi connectivity index (χ0v) is 19.0. The predicted molar refractivity (Wildman–Crippen MR) is 120 cm³/mol. The average molecular weight is 431 g/mol. The van der Waals surface area contributed by atoms with Gasteiger partial charge in [-0.2, -0.15) is 0 Å². The summed E-state index contributed by atoms with van der Waals surface area (Å²) in [4.78, 5) is 14.3. The number of imidazole rings is 1. The van der Waals surface area contributed by atoms with Crippen molar-refractivity contribution in [3.8, 4) is 11.5 Å². The fraction of sp³-hybridized carbons (Fsp3) is 0.476. The van der Waals surface area contributed by atoms with Gasteiger partial charge in [-0.1, -0.05) is 39.5 Å². The number of fused-ring (bicyclic) bond motifs is 2. The summed E-state index contributed by atoms with van der Waals surface area (Å²) in [6.07, 6.45) is 2.45. The highest BCUT2D eigenvalue weighted by Gasteiger charge is 2.20. The van der Waals surface area contributed by atoms with E-state index in [0.717, 1.165) is 52.3 Å². The predicted octanol–water partition coefficient (Wildman–Crippen LogP) is 4.01. The van der Waals surface area contributed by atoms with Crippen molar-refractivity contribution in [3.63, 3.8) is 0 Å². The van der Waals surface area contributed by atoms with E-state index in [1.54, 1.807) is 11.8 Å². The molecule has 1 aliphatic heterocycles. The maximum absolute atomic E-state index is 6.04. The number of aromatic nitrogens is 4. The topological polar surface area (TPSA) is 100 Å². The Bertz CT molecular complexity index is 1000. The second-order valence-corrected chi connectivity index (χ2v) is 8.02. The van der Waals surface area contributed by atoms with Crippen LogP contribution >= 0.6 is 11.8 Å². The van der Waals surface area contributed by atoms with Gasteiger partial charge in [0.2, 0.25) is 6.79 Å². The van der Waals surface area contributed by atoms with Gasteiger partial charge in [-0.05, 0) is 37.6 Å². The Labute approximate surface area is 181 Å². The van der Waals surface area contributed by atoms with Crippen LogP contribution in [0.25, 0.3) is 11.2 Å². The lowest BCUT2D eigenvalue weighted by molar-refractivity contribution is 0.174. The molecule has 0 unspecified atom stereocenters. The van der Waals surface area contributed by atoms with Crippen molar-refractivity contribution < 1.29 is 9.47 Å². The summed E-state index contributed by atoms with van der Waals surface area (Å²) >= 11 is 1.58. The number of nitrogen functional groups attached to an aromatic ring is 1. The van der Waals surface area contributed by atoms with Crippen molar-refractivity contribution in [2.45, 2.75) is 63.7 Å². The van der Waals surface area contributed by atoms with Crippen LogP contribution in [0.15, 0.2) is 28.5 Å². The van der Waals surface area contributed by atoms with Gasteiger partial charge in [-0.3, -0.25) is 0 Å². The summed E-state index contributed by atoms with van der Waals surface area (Å²) in [7, 11) is 0. The van der Waals surface area contributed by atoms with Crippen molar-refractivity contribution in [2.24, 2.45) is 0 Å². The van der Waals surface area contributed by atoms with Gasteiger partial charge in [0.05, 0.1) is 0 Å². The highest BCUT2D eigenvalue weighted by atomic mass is 32.2. The normalized spacial score (nSPS) is 12.3. The van der Waals surface area contributed by atoms with Crippen molar-refractivity contribution in [2.75, 3.05) is 19.1 Å².